The van der Waals surface area contributed by atoms with Crippen molar-refractivity contribution in [3.63, 3.8) is 0 Å². The smallest absolute Gasteiger partial charge is 0.153 e. The number of ether oxygens (including phenoxy) is 1. The van der Waals surface area contributed by atoms with Crippen LogP contribution in [0.2, 0.25) is 10.2 Å². The van der Waals surface area contributed by atoms with Gasteiger partial charge in [-0.15, -0.1) is 0 Å². The number of anilines is 1. The molecule has 9 heteroatoms. The average Bonchev–Trinajstić information content (AvgIpc) is 3.15. The number of nitrogens with zero attached hydrogens (tertiary/aromatic N) is 4. The largest absolute Gasteiger partial charge is 0.390 e. The van der Waals surface area contributed by atoms with E-state index in [2.05, 4.69) is 14.9 Å². The van der Waals surface area contributed by atoms with E-state index in [-0.39, 0.29) is 17.4 Å². The number of aliphatic hydroxyl groups is 1. The Bertz CT molecular complexity index is 867. The van der Waals surface area contributed by atoms with Crippen LogP contribution in [0.15, 0.2) is 22.2 Å². The molecule has 0 bridgehead atoms. The van der Waals surface area contributed by atoms with E-state index in [0.29, 0.717) is 15.7 Å². The van der Waals surface area contributed by atoms with E-state index in [9.17, 15) is 5.11 Å². The lowest BCUT2D eigenvalue weighted by molar-refractivity contribution is -0.0147. The van der Waals surface area contributed by atoms with Crippen molar-refractivity contribution < 1.29 is 9.84 Å². The van der Waals surface area contributed by atoms with Crippen molar-refractivity contribution in [1.29, 1.82) is 0 Å². The molecule has 2 saturated heterocycles. The molecule has 2 aromatic heterocycles. The first-order chi connectivity index (χ1) is 13.5. The van der Waals surface area contributed by atoms with Gasteiger partial charge in [0.2, 0.25) is 0 Å². The van der Waals surface area contributed by atoms with Gasteiger partial charge in [-0.2, -0.15) is 0 Å². The average molecular weight is 441 g/mol. The topological polar surface area (TPSA) is 71.4 Å². The summed E-state index contributed by atoms with van der Waals surface area (Å²) in [6.45, 7) is 4.34. The van der Waals surface area contributed by atoms with Crippen LogP contribution < -0.4 is 4.90 Å². The predicted octanol–water partition coefficient (Wildman–Crippen LogP) is 4.28. The molecule has 1 spiro atoms. The molecule has 2 aliphatic heterocycles. The highest BCUT2D eigenvalue weighted by Crippen LogP contribution is 2.39. The van der Waals surface area contributed by atoms with Crippen LogP contribution in [0.25, 0.3) is 0 Å². The van der Waals surface area contributed by atoms with Gasteiger partial charge < -0.3 is 14.7 Å². The molecule has 150 valence electrons. The van der Waals surface area contributed by atoms with Gasteiger partial charge in [0.1, 0.15) is 15.9 Å². The first-order valence-corrected chi connectivity index (χ1v) is 10.9. The van der Waals surface area contributed by atoms with Crippen LogP contribution in [-0.2, 0) is 11.3 Å². The van der Waals surface area contributed by atoms with Gasteiger partial charge in [-0.1, -0.05) is 35.0 Å². The van der Waals surface area contributed by atoms with Crippen LogP contribution in [0.5, 0.6) is 0 Å². The molecule has 2 fully saturated rings. The number of pyridine rings is 1. The minimum absolute atomic E-state index is 0.0471. The summed E-state index contributed by atoms with van der Waals surface area (Å²) in [4.78, 5) is 16.4. The minimum Gasteiger partial charge on any atom is -0.390 e. The van der Waals surface area contributed by atoms with Crippen LogP contribution in [0.4, 0.5) is 5.82 Å². The van der Waals surface area contributed by atoms with Crippen molar-refractivity contribution in [2.45, 2.75) is 54.7 Å². The number of piperidine rings is 1. The molecule has 28 heavy (non-hydrogen) atoms. The van der Waals surface area contributed by atoms with Crippen LogP contribution >= 0.6 is 35.0 Å². The highest BCUT2D eigenvalue weighted by molar-refractivity contribution is 7.99. The van der Waals surface area contributed by atoms with Crippen molar-refractivity contribution in [3.8, 4) is 0 Å². The quantitative estimate of drug-likeness (QED) is 0.711. The lowest BCUT2D eigenvalue weighted by atomic mass is 9.88. The third kappa shape index (κ3) is 3.96. The van der Waals surface area contributed by atoms with E-state index in [1.807, 2.05) is 6.92 Å². The summed E-state index contributed by atoms with van der Waals surface area (Å²) in [6.07, 6.45) is 5.87. The lowest BCUT2D eigenvalue weighted by Gasteiger charge is -2.39. The van der Waals surface area contributed by atoms with E-state index in [1.165, 1.54) is 11.8 Å². The van der Waals surface area contributed by atoms with Crippen LogP contribution in [0, 0.1) is 6.92 Å². The molecule has 6 nitrogen and oxygen atoms in total. The van der Waals surface area contributed by atoms with Gasteiger partial charge in [0, 0.05) is 30.8 Å². The van der Waals surface area contributed by atoms with Crippen molar-refractivity contribution in [3.05, 3.63) is 33.8 Å². The Balaban J connectivity index is 1.57. The zero-order chi connectivity index (χ0) is 19.7. The Labute approximate surface area is 178 Å². The molecule has 2 aromatic rings. The van der Waals surface area contributed by atoms with E-state index < -0.39 is 0 Å². The van der Waals surface area contributed by atoms with E-state index in [0.717, 1.165) is 61.8 Å². The Morgan fingerprint density at radius 3 is 2.71 bits per heavy atom. The third-order valence-electron chi connectivity index (χ3n) is 5.40. The molecule has 0 radical (unpaired) electrons. The second-order valence-corrected chi connectivity index (χ2v) is 8.95. The maximum atomic E-state index is 9.91. The van der Waals surface area contributed by atoms with Gasteiger partial charge in [0.25, 0.3) is 0 Å². The number of rotatable bonds is 4. The monoisotopic (exact) mass is 440 g/mol. The molecule has 2 aliphatic rings. The molecule has 0 saturated carbocycles. The SMILES string of the molecule is Cc1nc(N2CCC3(CCCO3)CC2)c(CO)nc1Sc1ccnc(Cl)c1Cl. The summed E-state index contributed by atoms with van der Waals surface area (Å²) in [7, 11) is 0. The maximum Gasteiger partial charge on any atom is 0.153 e. The molecule has 0 atom stereocenters. The Kier molecular flexibility index (Phi) is 5.99. The molecule has 0 unspecified atom stereocenters. The first-order valence-electron chi connectivity index (χ1n) is 9.36. The zero-order valence-electron chi connectivity index (χ0n) is 15.6. The summed E-state index contributed by atoms with van der Waals surface area (Å²) < 4.78 is 6.01. The molecular weight excluding hydrogens is 419 g/mol. The van der Waals surface area contributed by atoms with Gasteiger partial charge in [0.05, 0.1) is 22.9 Å². The summed E-state index contributed by atoms with van der Waals surface area (Å²) in [5.74, 6) is 0.760. The van der Waals surface area contributed by atoms with Crippen LogP contribution in [0.1, 0.15) is 37.1 Å². The van der Waals surface area contributed by atoms with Gasteiger partial charge in [-0.25, -0.2) is 15.0 Å². The summed E-state index contributed by atoms with van der Waals surface area (Å²) in [6, 6.07) is 1.79. The van der Waals surface area contributed by atoms with E-state index in [1.54, 1.807) is 12.3 Å². The molecule has 1 N–H and O–H groups in total. The molecular formula is C19H22Cl2N4O2S. The predicted molar refractivity (Wildman–Crippen MR) is 110 cm³/mol. The molecule has 0 aromatic carbocycles. The number of aryl methyl sites for hydroxylation is 1. The van der Waals surface area contributed by atoms with Gasteiger partial charge in [-0.05, 0) is 38.7 Å². The minimum atomic E-state index is -0.168. The molecule has 0 amide bonds. The second kappa shape index (κ2) is 8.32. The standard InChI is InChI=1S/C19H22Cl2N4O2S/c1-12-18(28-14-3-7-22-16(21)15(14)20)24-13(11-26)17(23-12)25-8-5-19(6-9-25)4-2-10-27-19/h3,7,26H,2,4-6,8-11H2,1H3. The van der Waals surface area contributed by atoms with Crippen molar-refractivity contribution in [1.82, 2.24) is 15.0 Å². The Morgan fingerprint density at radius 1 is 1.25 bits per heavy atom. The van der Waals surface area contributed by atoms with Crippen LogP contribution in [0.3, 0.4) is 0 Å². The molecule has 0 aliphatic carbocycles. The van der Waals surface area contributed by atoms with E-state index in [4.69, 9.17) is 32.9 Å². The zero-order valence-corrected chi connectivity index (χ0v) is 17.9. The molecule has 4 rings (SSSR count). The van der Waals surface area contributed by atoms with Crippen molar-refractivity contribution in [2.24, 2.45) is 0 Å². The maximum absolute atomic E-state index is 9.91. The fraction of sp³-hybridized carbons (Fsp3) is 0.526. The van der Waals surface area contributed by atoms with Gasteiger partial charge >= 0.3 is 0 Å². The Hall–Kier alpha value is -1.12. The third-order valence-corrected chi connectivity index (χ3v) is 7.42. The van der Waals surface area contributed by atoms with Crippen molar-refractivity contribution in [2.75, 3.05) is 24.6 Å². The first kappa shape index (κ1) is 20.2. The number of hydrogen-bond donors (Lipinski definition) is 1. The number of halogens is 2. The summed E-state index contributed by atoms with van der Waals surface area (Å²) >= 11 is 13.6. The number of aliphatic hydroxyl groups excluding tert-OH is 1. The van der Waals surface area contributed by atoms with Gasteiger partial charge in [-0.3, -0.25) is 0 Å². The Morgan fingerprint density at radius 2 is 2.04 bits per heavy atom. The fourth-order valence-corrected chi connectivity index (χ4v) is 5.16. The van der Waals surface area contributed by atoms with E-state index >= 15 is 0 Å². The normalized spacial score (nSPS) is 18.8. The second-order valence-electron chi connectivity index (χ2n) is 7.18. The number of hydrogen-bond acceptors (Lipinski definition) is 7. The summed E-state index contributed by atoms with van der Waals surface area (Å²) in [5.41, 5.74) is 1.41. The summed E-state index contributed by atoms with van der Waals surface area (Å²) in [5, 5.41) is 11.3. The van der Waals surface area contributed by atoms with Crippen LogP contribution in [-0.4, -0.2) is 45.4 Å². The highest BCUT2D eigenvalue weighted by atomic mass is 35.5. The lowest BCUT2D eigenvalue weighted by Crippen LogP contribution is -2.44. The molecule has 4 heterocycles. The van der Waals surface area contributed by atoms with Crippen molar-refractivity contribution >= 4 is 40.8 Å². The van der Waals surface area contributed by atoms with Gasteiger partial charge in [0.15, 0.2) is 5.82 Å². The fourth-order valence-electron chi connectivity index (χ4n) is 3.84. The highest BCUT2D eigenvalue weighted by Gasteiger charge is 2.39. The number of aromatic nitrogens is 3.